The summed E-state index contributed by atoms with van der Waals surface area (Å²) in [5.74, 6) is -0.729. The molecule has 88 valence electrons. The van der Waals surface area contributed by atoms with E-state index in [1.807, 2.05) is 13.8 Å². The summed E-state index contributed by atoms with van der Waals surface area (Å²) >= 11 is 5.62. The highest BCUT2D eigenvalue weighted by molar-refractivity contribution is 6.30. The number of halogens is 2. The minimum Gasteiger partial charge on any atom is -0.323 e. The Labute approximate surface area is 99.8 Å². The lowest BCUT2D eigenvalue weighted by Gasteiger charge is -2.13. The summed E-state index contributed by atoms with van der Waals surface area (Å²) in [7, 11) is 0. The number of carbonyl (C=O) groups is 1. The monoisotopic (exact) mass is 243 g/mol. The number of rotatable bonds is 4. The molecule has 0 radical (unpaired) electrons. The number of nitrogens with one attached hydrogen (secondary N) is 1. The van der Waals surface area contributed by atoms with Crippen molar-refractivity contribution in [2.24, 2.45) is 5.92 Å². The zero-order valence-corrected chi connectivity index (χ0v) is 10.1. The summed E-state index contributed by atoms with van der Waals surface area (Å²) in [6, 6.07) is 4.20. The smallest absolute Gasteiger partial charge is 0.227 e. The molecule has 2 nitrogen and oxygen atoms in total. The fraction of sp³-hybridized carbons (Fsp3) is 0.417. The van der Waals surface area contributed by atoms with Crippen molar-refractivity contribution in [2.45, 2.75) is 26.7 Å². The average molecular weight is 244 g/mol. The highest BCUT2D eigenvalue weighted by Crippen LogP contribution is 2.20. The van der Waals surface area contributed by atoms with E-state index in [-0.39, 0.29) is 17.5 Å². The van der Waals surface area contributed by atoms with Gasteiger partial charge in [0.2, 0.25) is 5.91 Å². The predicted octanol–water partition coefficient (Wildman–Crippen LogP) is 3.85. The minimum absolute atomic E-state index is 0.0740. The second-order valence-electron chi connectivity index (χ2n) is 3.63. The first-order valence-corrected chi connectivity index (χ1v) is 5.72. The van der Waals surface area contributed by atoms with Crippen LogP contribution in [0.1, 0.15) is 26.7 Å². The van der Waals surface area contributed by atoms with Gasteiger partial charge >= 0.3 is 0 Å². The Morgan fingerprint density at radius 3 is 2.56 bits per heavy atom. The molecule has 0 heterocycles. The van der Waals surface area contributed by atoms with Crippen LogP contribution in [0.15, 0.2) is 18.2 Å². The van der Waals surface area contributed by atoms with Crippen LogP contribution < -0.4 is 5.32 Å². The molecule has 0 aliphatic heterocycles. The standard InChI is InChI=1S/C12H15ClFNO/c1-3-8(4-2)12(16)15-11-6-5-9(13)7-10(11)14/h5-8H,3-4H2,1-2H3,(H,15,16). The zero-order valence-electron chi connectivity index (χ0n) is 9.39. The van der Waals surface area contributed by atoms with E-state index in [1.54, 1.807) is 6.07 Å². The van der Waals surface area contributed by atoms with Crippen LogP contribution in [0.2, 0.25) is 5.02 Å². The van der Waals surface area contributed by atoms with Gasteiger partial charge in [-0.25, -0.2) is 4.39 Å². The third-order valence-electron chi connectivity index (χ3n) is 2.55. The summed E-state index contributed by atoms with van der Waals surface area (Å²) in [4.78, 5) is 11.7. The van der Waals surface area contributed by atoms with Crippen LogP contribution in [0, 0.1) is 11.7 Å². The lowest BCUT2D eigenvalue weighted by atomic mass is 10.0. The van der Waals surface area contributed by atoms with Crippen molar-refractivity contribution < 1.29 is 9.18 Å². The van der Waals surface area contributed by atoms with E-state index in [0.717, 1.165) is 12.8 Å². The fourth-order valence-electron chi connectivity index (χ4n) is 1.49. The molecule has 0 atom stereocenters. The van der Waals surface area contributed by atoms with Gasteiger partial charge in [0.25, 0.3) is 0 Å². The van der Waals surface area contributed by atoms with Crippen molar-refractivity contribution >= 4 is 23.2 Å². The van der Waals surface area contributed by atoms with Crippen molar-refractivity contribution in [3.05, 3.63) is 29.0 Å². The molecule has 1 rings (SSSR count). The van der Waals surface area contributed by atoms with Crippen LogP contribution in [-0.4, -0.2) is 5.91 Å². The molecule has 4 heteroatoms. The normalized spacial score (nSPS) is 10.6. The lowest BCUT2D eigenvalue weighted by Crippen LogP contribution is -2.22. The molecular weight excluding hydrogens is 229 g/mol. The van der Waals surface area contributed by atoms with Crippen molar-refractivity contribution in [3.63, 3.8) is 0 Å². The number of hydrogen-bond donors (Lipinski definition) is 1. The van der Waals surface area contributed by atoms with E-state index in [2.05, 4.69) is 5.32 Å². The summed E-state index contributed by atoms with van der Waals surface area (Å²) in [6.07, 6.45) is 1.50. The van der Waals surface area contributed by atoms with Gasteiger partial charge < -0.3 is 5.32 Å². The number of carbonyl (C=O) groups excluding carboxylic acids is 1. The molecule has 0 aromatic heterocycles. The first-order chi connectivity index (χ1) is 7.58. The van der Waals surface area contributed by atoms with Gasteiger partial charge in [0.15, 0.2) is 0 Å². The summed E-state index contributed by atoms with van der Waals surface area (Å²) in [5.41, 5.74) is 0.182. The fourth-order valence-corrected chi connectivity index (χ4v) is 1.64. The Hall–Kier alpha value is -1.09. The summed E-state index contributed by atoms with van der Waals surface area (Å²) < 4.78 is 13.4. The van der Waals surface area contributed by atoms with Gasteiger partial charge in [-0.3, -0.25) is 4.79 Å². The van der Waals surface area contributed by atoms with Crippen molar-refractivity contribution in [3.8, 4) is 0 Å². The van der Waals surface area contributed by atoms with Gasteiger partial charge in [-0.15, -0.1) is 0 Å². The Morgan fingerprint density at radius 2 is 2.06 bits per heavy atom. The third kappa shape index (κ3) is 3.20. The highest BCUT2D eigenvalue weighted by Gasteiger charge is 2.15. The SMILES string of the molecule is CCC(CC)C(=O)Nc1ccc(Cl)cc1F. The predicted molar refractivity (Wildman–Crippen MR) is 64.1 cm³/mol. The van der Waals surface area contributed by atoms with E-state index in [9.17, 15) is 9.18 Å². The van der Waals surface area contributed by atoms with Crippen molar-refractivity contribution in [2.75, 3.05) is 5.32 Å². The van der Waals surface area contributed by atoms with E-state index in [0.29, 0.717) is 5.02 Å². The molecular formula is C12H15ClFNO. The number of hydrogen-bond acceptors (Lipinski definition) is 1. The molecule has 0 fully saturated rings. The molecule has 0 saturated carbocycles. The Morgan fingerprint density at radius 1 is 1.44 bits per heavy atom. The van der Waals surface area contributed by atoms with Crippen LogP contribution in [-0.2, 0) is 4.79 Å². The van der Waals surface area contributed by atoms with Gasteiger partial charge in [0.1, 0.15) is 5.82 Å². The van der Waals surface area contributed by atoms with Crippen molar-refractivity contribution in [1.29, 1.82) is 0 Å². The van der Waals surface area contributed by atoms with E-state index >= 15 is 0 Å². The molecule has 1 N–H and O–H groups in total. The molecule has 0 unspecified atom stereocenters. The van der Waals surface area contributed by atoms with Gasteiger partial charge in [-0.05, 0) is 31.0 Å². The average Bonchev–Trinajstić information content (AvgIpc) is 2.24. The van der Waals surface area contributed by atoms with E-state index in [1.165, 1.54) is 12.1 Å². The largest absolute Gasteiger partial charge is 0.323 e. The van der Waals surface area contributed by atoms with Gasteiger partial charge in [0, 0.05) is 10.9 Å². The highest BCUT2D eigenvalue weighted by atomic mass is 35.5. The Bertz CT molecular complexity index is 377. The third-order valence-corrected chi connectivity index (χ3v) is 2.78. The molecule has 0 aliphatic rings. The molecule has 0 spiro atoms. The first kappa shape index (κ1) is 13.0. The molecule has 0 bridgehead atoms. The topological polar surface area (TPSA) is 29.1 Å². The molecule has 1 aromatic carbocycles. The quantitative estimate of drug-likeness (QED) is 0.855. The number of amides is 1. The number of benzene rings is 1. The minimum atomic E-state index is -0.508. The van der Waals surface area contributed by atoms with Crippen LogP contribution in [0.3, 0.4) is 0 Å². The molecule has 1 amide bonds. The maximum Gasteiger partial charge on any atom is 0.227 e. The first-order valence-electron chi connectivity index (χ1n) is 5.34. The van der Waals surface area contributed by atoms with Gasteiger partial charge in [-0.2, -0.15) is 0 Å². The lowest BCUT2D eigenvalue weighted by molar-refractivity contribution is -0.120. The van der Waals surface area contributed by atoms with Crippen LogP contribution in [0.4, 0.5) is 10.1 Å². The van der Waals surface area contributed by atoms with E-state index < -0.39 is 5.82 Å². The van der Waals surface area contributed by atoms with Gasteiger partial charge in [-0.1, -0.05) is 25.4 Å². The van der Waals surface area contributed by atoms with Crippen molar-refractivity contribution in [1.82, 2.24) is 0 Å². The van der Waals surface area contributed by atoms with Crippen LogP contribution in [0.5, 0.6) is 0 Å². The molecule has 16 heavy (non-hydrogen) atoms. The second kappa shape index (κ2) is 5.85. The molecule has 1 aromatic rings. The Kier molecular flexibility index (Phi) is 4.74. The summed E-state index contributed by atoms with van der Waals surface area (Å²) in [6.45, 7) is 3.87. The van der Waals surface area contributed by atoms with E-state index in [4.69, 9.17) is 11.6 Å². The Balaban J connectivity index is 2.76. The maximum atomic E-state index is 13.4. The molecule has 0 aliphatic carbocycles. The number of anilines is 1. The van der Waals surface area contributed by atoms with Crippen LogP contribution in [0.25, 0.3) is 0 Å². The summed E-state index contributed by atoms with van der Waals surface area (Å²) in [5, 5.41) is 2.88. The molecule has 0 saturated heterocycles. The zero-order chi connectivity index (χ0) is 12.1. The maximum absolute atomic E-state index is 13.4. The second-order valence-corrected chi connectivity index (χ2v) is 4.06. The van der Waals surface area contributed by atoms with Crippen LogP contribution >= 0.6 is 11.6 Å². The van der Waals surface area contributed by atoms with Gasteiger partial charge in [0.05, 0.1) is 5.69 Å².